The molecule has 0 unspecified atom stereocenters. The molecule has 22 heavy (non-hydrogen) atoms. The molecule has 0 aromatic rings. The number of unbranched alkanes of at least 4 members (excludes halogenated alkanes) is 1. The third-order valence-electron chi connectivity index (χ3n) is 5.10. The molecule has 3 saturated heterocycles. The summed E-state index contributed by atoms with van der Waals surface area (Å²) in [5.41, 5.74) is 0.0305. The first kappa shape index (κ1) is 16.5. The summed E-state index contributed by atoms with van der Waals surface area (Å²) in [7, 11) is 4.01. The molecule has 0 saturated carbocycles. The van der Waals surface area contributed by atoms with E-state index in [2.05, 4.69) is 5.32 Å². The second-order valence-corrected chi connectivity index (χ2v) is 9.73. The summed E-state index contributed by atoms with van der Waals surface area (Å²) in [5, 5.41) is 3.76. The first-order valence-corrected chi connectivity index (χ1v) is 10.9. The van der Waals surface area contributed by atoms with Crippen molar-refractivity contribution in [1.82, 2.24) is 10.2 Å². The van der Waals surface area contributed by atoms with Gasteiger partial charge in [-0.2, -0.15) is 0 Å². The fourth-order valence-corrected chi connectivity index (χ4v) is 6.86. The number of carbonyl (C=O) groups excluding carboxylic acids is 2. The summed E-state index contributed by atoms with van der Waals surface area (Å²) in [6.07, 6.45) is 8.18. The molecule has 0 aliphatic carbocycles. The van der Waals surface area contributed by atoms with Crippen LogP contribution in [0.2, 0.25) is 0 Å². The monoisotopic (exact) mass is 342 g/mol. The maximum Gasteiger partial charge on any atom is 0.222 e. The molecule has 0 aromatic heterocycles. The average molecular weight is 343 g/mol. The van der Waals surface area contributed by atoms with Crippen LogP contribution in [0, 0.1) is 5.41 Å². The second-order valence-electron chi connectivity index (χ2n) is 6.95. The molecule has 3 fully saturated rings. The van der Waals surface area contributed by atoms with Crippen molar-refractivity contribution in [3.63, 3.8) is 0 Å². The molecule has 6 heteroatoms. The SMILES string of the molecule is O=C1C[C@]2(CCCN(C(=O)CCCC[C@H]3CCSS3)C2)CN1. The van der Waals surface area contributed by atoms with Crippen molar-refractivity contribution in [1.29, 1.82) is 0 Å². The summed E-state index contributed by atoms with van der Waals surface area (Å²) in [6.45, 7) is 2.41. The number of nitrogens with zero attached hydrogens (tertiary/aromatic N) is 1. The number of hydrogen-bond donors (Lipinski definition) is 1. The Morgan fingerprint density at radius 2 is 2.32 bits per heavy atom. The van der Waals surface area contributed by atoms with E-state index in [-0.39, 0.29) is 11.3 Å². The van der Waals surface area contributed by atoms with Gasteiger partial charge in [-0.3, -0.25) is 9.59 Å². The van der Waals surface area contributed by atoms with Crippen molar-refractivity contribution in [2.24, 2.45) is 5.41 Å². The van der Waals surface area contributed by atoms with Crippen LogP contribution in [0.4, 0.5) is 0 Å². The number of carbonyl (C=O) groups is 2. The molecular weight excluding hydrogens is 316 g/mol. The average Bonchev–Trinajstić information content (AvgIpc) is 3.14. The highest BCUT2D eigenvalue weighted by molar-refractivity contribution is 8.77. The predicted molar refractivity (Wildman–Crippen MR) is 92.8 cm³/mol. The normalized spacial score (nSPS) is 31.7. The van der Waals surface area contributed by atoms with Crippen molar-refractivity contribution in [2.45, 2.75) is 56.6 Å². The topological polar surface area (TPSA) is 49.4 Å². The van der Waals surface area contributed by atoms with Gasteiger partial charge in [-0.25, -0.2) is 0 Å². The molecule has 1 N–H and O–H groups in total. The largest absolute Gasteiger partial charge is 0.355 e. The quantitative estimate of drug-likeness (QED) is 0.616. The molecule has 4 nitrogen and oxygen atoms in total. The van der Waals surface area contributed by atoms with Gasteiger partial charge < -0.3 is 10.2 Å². The van der Waals surface area contributed by atoms with Crippen molar-refractivity contribution in [3.05, 3.63) is 0 Å². The van der Waals surface area contributed by atoms with Gasteiger partial charge in [0.2, 0.25) is 11.8 Å². The van der Waals surface area contributed by atoms with Gasteiger partial charge >= 0.3 is 0 Å². The molecule has 1 spiro atoms. The Kier molecular flexibility index (Phi) is 5.60. The van der Waals surface area contributed by atoms with Gasteiger partial charge in [0.05, 0.1) is 0 Å². The van der Waals surface area contributed by atoms with E-state index in [1.54, 1.807) is 0 Å². The van der Waals surface area contributed by atoms with Crippen LogP contribution in [0.1, 0.15) is 51.4 Å². The molecule has 2 amide bonds. The lowest BCUT2D eigenvalue weighted by molar-refractivity contribution is -0.135. The Balaban J connectivity index is 1.39. The summed E-state index contributed by atoms with van der Waals surface area (Å²) in [5.74, 6) is 1.74. The van der Waals surface area contributed by atoms with E-state index < -0.39 is 0 Å². The van der Waals surface area contributed by atoms with Gasteiger partial charge in [0.15, 0.2) is 0 Å². The summed E-state index contributed by atoms with van der Waals surface area (Å²) in [6, 6.07) is 0. The minimum atomic E-state index is 0.0305. The van der Waals surface area contributed by atoms with E-state index in [0.717, 1.165) is 44.1 Å². The minimum Gasteiger partial charge on any atom is -0.355 e. The smallest absolute Gasteiger partial charge is 0.222 e. The Labute approximate surface area is 140 Å². The summed E-state index contributed by atoms with van der Waals surface area (Å²) >= 11 is 0. The zero-order chi connectivity index (χ0) is 15.4. The van der Waals surface area contributed by atoms with Crippen LogP contribution in [0.25, 0.3) is 0 Å². The zero-order valence-electron chi connectivity index (χ0n) is 13.1. The number of rotatable bonds is 5. The lowest BCUT2D eigenvalue weighted by atomic mass is 9.79. The second kappa shape index (κ2) is 7.47. The van der Waals surface area contributed by atoms with Gasteiger partial charge in [-0.05, 0) is 32.1 Å². The highest BCUT2D eigenvalue weighted by atomic mass is 33.1. The van der Waals surface area contributed by atoms with E-state index in [0.29, 0.717) is 18.7 Å². The van der Waals surface area contributed by atoms with Gasteiger partial charge in [0, 0.05) is 48.9 Å². The minimum absolute atomic E-state index is 0.0305. The maximum absolute atomic E-state index is 12.4. The zero-order valence-corrected chi connectivity index (χ0v) is 14.8. The van der Waals surface area contributed by atoms with Gasteiger partial charge in [-0.15, -0.1) is 0 Å². The van der Waals surface area contributed by atoms with Crippen molar-refractivity contribution in [3.8, 4) is 0 Å². The lowest BCUT2D eigenvalue weighted by Gasteiger charge is -2.39. The molecule has 3 aliphatic rings. The Morgan fingerprint density at radius 1 is 1.41 bits per heavy atom. The van der Waals surface area contributed by atoms with Gasteiger partial charge in [-0.1, -0.05) is 28.0 Å². The number of hydrogen-bond acceptors (Lipinski definition) is 4. The van der Waals surface area contributed by atoms with Crippen molar-refractivity contribution >= 4 is 33.4 Å². The number of piperidine rings is 1. The molecule has 3 aliphatic heterocycles. The van der Waals surface area contributed by atoms with E-state index in [1.165, 1.54) is 25.0 Å². The highest BCUT2D eigenvalue weighted by Crippen LogP contribution is 2.40. The van der Waals surface area contributed by atoms with Crippen LogP contribution in [0.3, 0.4) is 0 Å². The predicted octanol–water partition coefficient (Wildman–Crippen LogP) is 2.83. The van der Waals surface area contributed by atoms with Crippen LogP contribution in [0.15, 0.2) is 0 Å². The molecule has 3 rings (SSSR count). The molecular formula is C16H26N2O2S2. The van der Waals surface area contributed by atoms with E-state index in [1.807, 2.05) is 26.5 Å². The molecule has 0 bridgehead atoms. The first-order chi connectivity index (χ1) is 10.7. The fourth-order valence-electron chi connectivity index (χ4n) is 3.83. The van der Waals surface area contributed by atoms with E-state index in [4.69, 9.17) is 0 Å². The number of amides is 2. The Hall–Kier alpha value is -0.360. The maximum atomic E-state index is 12.4. The molecule has 0 radical (unpaired) electrons. The molecule has 0 aromatic carbocycles. The Morgan fingerprint density at radius 3 is 3.05 bits per heavy atom. The van der Waals surface area contributed by atoms with Crippen molar-refractivity contribution < 1.29 is 9.59 Å². The van der Waals surface area contributed by atoms with Crippen LogP contribution >= 0.6 is 21.6 Å². The third-order valence-corrected chi connectivity index (χ3v) is 8.11. The van der Waals surface area contributed by atoms with Crippen molar-refractivity contribution in [2.75, 3.05) is 25.4 Å². The first-order valence-electron chi connectivity index (χ1n) is 8.50. The van der Waals surface area contributed by atoms with Crippen LogP contribution in [-0.4, -0.2) is 47.4 Å². The number of likely N-dealkylation sites (tertiary alicyclic amines) is 1. The molecule has 2 atom stereocenters. The highest BCUT2D eigenvalue weighted by Gasteiger charge is 2.42. The Bertz CT molecular complexity index is 426. The van der Waals surface area contributed by atoms with E-state index in [9.17, 15) is 9.59 Å². The molecule has 3 heterocycles. The summed E-state index contributed by atoms with van der Waals surface area (Å²) in [4.78, 5) is 26.0. The van der Waals surface area contributed by atoms with E-state index >= 15 is 0 Å². The van der Waals surface area contributed by atoms with Crippen LogP contribution in [0.5, 0.6) is 0 Å². The number of nitrogens with one attached hydrogen (secondary N) is 1. The standard InChI is InChI=1S/C16H26N2O2S2/c19-14-10-16(11-17-14)7-3-8-18(12-16)15(20)5-2-1-4-13-6-9-21-22-13/h13H,1-12H2,(H,17,19)/t13-,16+/m0/s1. The van der Waals surface area contributed by atoms with Gasteiger partial charge in [0.25, 0.3) is 0 Å². The molecule has 124 valence electrons. The van der Waals surface area contributed by atoms with Gasteiger partial charge in [0.1, 0.15) is 0 Å². The van der Waals surface area contributed by atoms with Crippen LogP contribution < -0.4 is 5.32 Å². The van der Waals surface area contributed by atoms with Crippen LogP contribution in [-0.2, 0) is 9.59 Å². The third kappa shape index (κ3) is 4.13. The lowest BCUT2D eigenvalue weighted by Crippen LogP contribution is -2.47. The summed E-state index contributed by atoms with van der Waals surface area (Å²) < 4.78 is 0. The fraction of sp³-hybridized carbons (Fsp3) is 0.875.